The molecule has 0 atom stereocenters. The molecule has 1 saturated heterocycles. The molecule has 1 amide bonds. The molecule has 2 aromatic rings. The molecule has 2 aliphatic rings. The number of para-hydroxylation sites is 1. The van der Waals surface area contributed by atoms with Crippen LogP contribution in [0.5, 0.6) is 0 Å². The van der Waals surface area contributed by atoms with Gasteiger partial charge in [-0.05, 0) is 31.0 Å². The number of benzene rings is 1. The van der Waals surface area contributed by atoms with E-state index in [9.17, 15) is 17.6 Å². The normalized spacial score (nSPS) is 19.1. The molecule has 0 radical (unpaired) electrons. The summed E-state index contributed by atoms with van der Waals surface area (Å²) in [5.41, 5.74) is 0.474. The molecule has 1 aromatic heterocycles. The predicted molar refractivity (Wildman–Crippen MR) is 115 cm³/mol. The van der Waals surface area contributed by atoms with Crippen LogP contribution >= 0.6 is 0 Å². The van der Waals surface area contributed by atoms with Crippen LogP contribution in [-0.2, 0) is 10.2 Å². The Kier molecular flexibility index (Phi) is 6.40. The number of piperazine rings is 1. The van der Waals surface area contributed by atoms with Gasteiger partial charge in [-0.1, -0.05) is 31.4 Å². The fraction of sp³-hybridized carbons (Fsp3) is 0.524. The van der Waals surface area contributed by atoms with Gasteiger partial charge in [0.05, 0.1) is 0 Å². The fourth-order valence-electron chi connectivity index (χ4n) is 4.31. The Balaban J connectivity index is 1.38. The summed E-state index contributed by atoms with van der Waals surface area (Å²) in [6.45, 7) is 1.09. The number of rotatable bonds is 5. The number of hydrogen-bond acceptors (Lipinski definition) is 4. The van der Waals surface area contributed by atoms with Gasteiger partial charge in [0.25, 0.3) is 16.1 Å². The molecule has 2 heterocycles. The maximum absolute atomic E-state index is 14.0. The minimum Gasteiger partial charge on any atom is -0.335 e. The van der Waals surface area contributed by atoms with Gasteiger partial charge in [-0.3, -0.25) is 4.79 Å². The van der Waals surface area contributed by atoms with Crippen molar-refractivity contribution < 1.29 is 17.6 Å². The van der Waals surface area contributed by atoms with Gasteiger partial charge in [0.15, 0.2) is 5.69 Å². The number of nitrogens with zero attached hydrogens (tertiary/aromatic N) is 5. The maximum Gasteiger partial charge on any atom is 0.282 e. The first-order chi connectivity index (χ1) is 14.9. The molecule has 0 spiro atoms. The average Bonchev–Trinajstić information content (AvgIpc) is 3.29. The molecule has 0 unspecified atom stereocenters. The van der Waals surface area contributed by atoms with E-state index < -0.39 is 16.0 Å². The minimum atomic E-state index is -3.54. The lowest BCUT2D eigenvalue weighted by atomic mass is 9.96. The smallest absolute Gasteiger partial charge is 0.282 e. The van der Waals surface area contributed by atoms with E-state index in [0.717, 1.165) is 32.1 Å². The number of halogens is 1. The summed E-state index contributed by atoms with van der Waals surface area (Å²) in [5.74, 6) is -0.710. The van der Waals surface area contributed by atoms with Gasteiger partial charge in [0, 0.05) is 45.5 Å². The van der Waals surface area contributed by atoms with Gasteiger partial charge < -0.3 is 4.90 Å². The van der Waals surface area contributed by atoms with Gasteiger partial charge in [-0.25, -0.2) is 9.07 Å². The highest BCUT2D eigenvalue weighted by molar-refractivity contribution is 7.86. The summed E-state index contributed by atoms with van der Waals surface area (Å²) in [6.07, 6.45) is 6.64. The van der Waals surface area contributed by atoms with Gasteiger partial charge in [0.1, 0.15) is 11.5 Å². The third-order valence-corrected chi connectivity index (χ3v) is 8.26. The average molecular weight is 450 g/mol. The monoisotopic (exact) mass is 449 g/mol. The van der Waals surface area contributed by atoms with E-state index in [-0.39, 0.29) is 36.4 Å². The van der Waals surface area contributed by atoms with Crippen LogP contribution in [0.25, 0.3) is 5.69 Å². The zero-order valence-electron chi connectivity index (χ0n) is 17.7. The van der Waals surface area contributed by atoms with E-state index >= 15 is 0 Å². The van der Waals surface area contributed by atoms with E-state index in [1.807, 2.05) is 0 Å². The van der Waals surface area contributed by atoms with Gasteiger partial charge in [-0.2, -0.15) is 22.1 Å². The number of carbonyl (C=O) groups excluding carboxylic acids is 1. The Labute approximate surface area is 182 Å². The number of carbonyl (C=O) groups is 1. The van der Waals surface area contributed by atoms with Crippen molar-refractivity contribution in [1.29, 1.82) is 0 Å². The molecule has 1 aliphatic carbocycles. The van der Waals surface area contributed by atoms with Gasteiger partial charge >= 0.3 is 0 Å². The molecular formula is C21H28FN5O3S. The topological polar surface area (TPSA) is 78.8 Å². The Hall–Kier alpha value is -2.30. The molecular weight excluding hydrogens is 421 g/mol. The molecule has 1 saturated carbocycles. The van der Waals surface area contributed by atoms with E-state index in [1.165, 1.54) is 19.4 Å². The summed E-state index contributed by atoms with van der Waals surface area (Å²) >= 11 is 0. The van der Waals surface area contributed by atoms with Crippen LogP contribution < -0.4 is 0 Å². The van der Waals surface area contributed by atoms with Crippen LogP contribution in [0.4, 0.5) is 4.39 Å². The van der Waals surface area contributed by atoms with Gasteiger partial charge in [0.2, 0.25) is 0 Å². The maximum atomic E-state index is 14.0. The molecule has 1 aliphatic heterocycles. The van der Waals surface area contributed by atoms with Crippen LogP contribution in [-0.4, -0.2) is 76.9 Å². The van der Waals surface area contributed by atoms with Crippen molar-refractivity contribution in [3.63, 3.8) is 0 Å². The third kappa shape index (κ3) is 4.51. The number of aromatic nitrogens is 2. The highest BCUT2D eigenvalue weighted by Gasteiger charge is 2.35. The van der Waals surface area contributed by atoms with Crippen molar-refractivity contribution in [2.75, 3.05) is 33.2 Å². The zero-order chi connectivity index (χ0) is 22.0. The van der Waals surface area contributed by atoms with Crippen molar-refractivity contribution in [2.24, 2.45) is 0 Å². The summed E-state index contributed by atoms with van der Waals surface area (Å²) in [4.78, 5) is 14.4. The highest BCUT2D eigenvalue weighted by atomic mass is 32.2. The van der Waals surface area contributed by atoms with Crippen LogP contribution in [0.1, 0.15) is 42.6 Å². The molecule has 168 valence electrons. The van der Waals surface area contributed by atoms with Gasteiger partial charge in [-0.15, -0.1) is 0 Å². The first-order valence-corrected chi connectivity index (χ1v) is 12.1. The Bertz CT molecular complexity index is 1030. The molecule has 0 bridgehead atoms. The molecule has 1 aromatic carbocycles. The highest BCUT2D eigenvalue weighted by Crippen LogP contribution is 2.25. The lowest BCUT2D eigenvalue weighted by molar-refractivity contribution is 0.0686. The Morgan fingerprint density at radius 3 is 2.42 bits per heavy atom. The molecule has 10 heteroatoms. The molecule has 0 N–H and O–H groups in total. The van der Waals surface area contributed by atoms with E-state index in [2.05, 4.69) is 5.10 Å². The van der Waals surface area contributed by atoms with E-state index in [4.69, 9.17) is 0 Å². The lowest BCUT2D eigenvalue weighted by Crippen LogP contribution is -2.55. The van der Waals surface area contributed by atoms with E-state index in [1.54, 1.807) is 42.4 Å². The second-order valence-corrected chi connectivity index (χ2v) is 10.1. The van der Waals surface area contributed by atoms with Crippen LogP contribution in [0.15, 0.2) is 36.5 Å². The molecule has 2 fully saturated rings. The zero-order valence-corrected chi connectivity index (χ0v) is 18.5. The first kappa shape index (κ1) is 21.9. The van der Waals surface area contributed by atoms with Crippen LogP contribution in [0, 0.1) is 5.82 Å². The number of hydrogen-bond donors (Lipinski definition) is 0. The standard InChI is InChI=1S/C21H28FN5O3S/c1-24(17-7-3-2-4-8-17)31(29,30)26-15-13-25(14-16-26)21(28)19-11-12-27(23-19)20-10-6-5-9-18(20)22/h5-6,9-12,17H,2-4,7-8,13-16H2,1H3. The van der Waals surface area contributed by atoms with Crippen molar-refractivity contribution in [2.45, 2.75) is 38.1 Å². The summed E-state index contributed by atoms with van der Waals surface area (Å²) < 4.78 is 44.3. The van der Waals surface area contributed by atoms with Crippen LogP contribution in [0.2, 0.25) is 0 Å². The van der Waals surface area contributed by atoms with Crippen LogP contribution in [0.3, 0.4) is 0 Å². The van der Waals surface area contributed by atoms with E-state index in [0.29, 0.717) is 13.1 Å². The summed E-state index contributed by atoms with van der Waals surface area (Å²) in [5, 5.41) is 4.22. The Morgan fingerprint density at radius 2 is 1.74 bits per heavy atom. The lowest BCUT2D eigenvalue weighted by Gasteiger charge is -2.38. The minimum absolute atomic E-state index is 0.0563. The van der Waals surface area contributed by atoms with Crippen molar-refractivity contribution >= 4 is 16.1 Å². The molecule has 31 heavy (non-hydrogen) atoms. The predicted octanol–water partition coefficient (Wildman–Crippen LogP) is 2.28. The largest absolute Gasteiger partial charge is 0.335 e. The molecule has 8 nitrogen and oxygen atoms in total. The van der Waals surface area contributed by atoms with Crippen molar-refractivity contribution in [3.05, 3.63) is 48.0 Å². The quantitative estimate of drug-likeness (QED) is 0.702. The Morgan fingerprint density at radius 1 is 1.06 bits per heavy atom. The summed E-state index contributed by atoms with van der Waals surface area (Å²) in [6, 6.07) is 7.82. The van der Waals surface area contributed by atoms with Crippen molar-refractivity contribution in [3.8, 4) is 5.69 Å². The van der Waals surface area contributed by atoms with Crippen molar-refractivity contribution in [1.82, 2.24) is 23.3 Å². The molecule has 4 rings (SSSR count). The SMILES string of the molecule is CN(C1CCCCC1)S(=O)(=O)N1CCN(C(=O)c2ccn(-c3ccccc3F)n2)CC1. The summed E-state index contributed by atoms with van der Waals surface area (Å²) in [7, 11) is -1.88. The second-order valence-electron chi connectivity index (χ2n) is 8.10. The first-order valence-electron chi connectivity index (χ1n) is 10.7. The fourth-order valence-corrected chi connectivity index (χ4v) is 5.89. The number of amides is 1. The second kappa shape index (κ2) is 9.05. The third-order valence-electron chi connectivity index (χ3n) is 6.21.